The van der Waals surface area contributed by atoms with E-state index in [0.717, 1.165) is 19.4 Å². The first kappa shape index (κ1) is 14.5. The second-order valence-electron chi connectivity index (χ2n) is 4.71. The molecule has 2 unspecified atom stereocenters. The van der Waals surface area contributed by atoms with Gasteiger partial charge in [0, 0.05) is 24.6 Å². The molecular weight excluding hydrogens is 313 g/mol. The summed E-state index contributed by atoms with van der Waals surface area (Å²) in [6, 6.07) is 4.26. The number of amides is 1. The van der Waals surface area contributed by atoms with E-state index in [1.54, 1.807) is 0 Å². The summed E-state index contributed by atoms with van der Waals surface area (Å²) in [4.78, 5) is 12.0. The van der Waals surface area contributed by atoms with Crippen molar-refractivity contribution in [2.45, 2.75) is 25.9 Å². The van der Waals surface area contributed by atoms with Gasteiger partial charge in [-0.25, -0.2) is 4.39 Å². The molecule has 2 atom stereocenters. The summed E-state index contributed by atoms with van der Waals surface area (Å²) in [7, 11) is 0. The van der Waals surface area contributed by atoms with Gasteiger partial charge < -0.3 is 10.1 Å². The van der Waals surface area contributed by atoms with Crippen molar-refractivity contribution in [3.8, 4) is 0 Å². The number of rotatable bonds is 4. The number of ether oxygens (including phenoxy) is 1. The summed E-state index contributed by atoms with van der Waals surface area (Å²) in [5, 5.41) is 2.89. The molecule has 1 heterocycles. The molecule has 2 rings (SSSR count). The molecular formula is C14H17BrFNO2. The van der Waals surface area contributed by atoms with Crippen molar-refractivity contribution in [2.24, 2.45) is 5.92 Å². The minimum atomic E-state index is -0.369. The molecule has 0 aliphatic carbocycles. The molecule has 0 spiro atoms. The number of carbonyl (C=O) groups excluding carboxylic acids is 1. The maximum absolute atomic E-state index is 13.1. The van der Waals surface area contributed by atoms with Crippen LogP contribution in [0.4, 0.5) is 4.39 Å². The van der Waals surface area contributed by atoms with Crippen LogP contribution in [-0.2, 0) is 4.74 Å². The third-order valence-electron chi connectivity index (χ3n) is 3.46. The molecule has 1 saturated heterocycles. The monoisotopic (exact) mass is 329 g/mol. The Kier molecular flexibility index (Phi) is 4.93. The van der Waals surface area contributed by atoms with Crippen molar-refractivity contribution < 1.29 is 13.9 Å². The van der Waals surface area contributed by atoms with Crippen LogP contribution in [0.2, 0.25) is 0 Å². The second-order valence-corrected chi connectivity index (χ2v) is 5.56. The number of carbonyl (C=O) groups is 1. The maximum atomic E-state index is 13.1. The van der Waals surface area contributed by atoms with Crippen molar-refractivity contribution in [1.29, 1.82) is 0 Å². The maximum Gasteiger partial charge on any atom is 0.251 e. The SMILES string of the molecule is CCC1OCCC1CNC(=O)c1ccc(F)c(Br)c1. The molecule has 1 amide bonds. The Morgan fingerprint density at radius 2 is 2.37 bits per heavy atom. The standard InChI is InChI=1S/C14H17BrFNO2/c1-2-13-10(5-6-19-13)8-17-14(18)9-3-4-12(16)11(15)7-9/h3-4,7,10,13H,2,5-6,8H2,1H3,(H,17,18). The van der Waals surface area contributed by atoms with Gasteiger partial charge in [-0.2, -0.15) is 0 Å². The molecule has 1 aliphatic rings. The predicted molar refractivity (Wildman–Crippen MR) is 74.6 cm³/mol. The van der Waals surface area contributed by atoms with Crippen LogP contribution in [0.15, 0.2) is 22.7 Å². The van der Waals surface area contributed by atoms with Gasteiger partial charge in [0.05, 0.1) is 10.6 Å². The third kappa shape index (κ3) is 3.54. The van der Waals surface area contributed by atoms with E-state index in [-0.39, 0.29) is 17.8 Å². The van der Waals surface area contributed by atoms with Crippen molar-refractivity contribution in [3.05, 3.63) is 34.1 Å². The highest BCUT2D eigenvalue weighted by atomic mass is 79.9. The Balaban J connectivity index is 1.92. The van der Waals surface area contributed by atoms with E-state index in [4.69, 9.17) is 4.74 Å². The Bertz CT molecular complexity index is 467. The fraction of sp³-hybridized carbons (Fsp3) is 0.500. The first-order chi connectivity index (χ1) is 9.11. The molecule has 104 valence electrons. The molecule has 3 nitrogen and oxygen atoms in total. The largest absolute Gasteiger partial charge is 0.378 e. The highest BCUT2D eigenvalue weighted by Crippen LogP contribution is 2.23. The topological polar surface area (TPSA) is 38.3 Å². The van der Waals surface area contributed by atoms with Crippen LogP contribution in [0.25, 0.3) is 0 Å². The van der Waals surface area contributed by atoms with E-state index in [1.165, 1.54) is 18.2 Å². The van der Waals surface area contributed by atoms with Crippen LogP contribution in [-0.4, -0.2) is 25.2 Å². The van der Waals surface area contributed by atoms with Gasteiger partial charge in [0.2, 0.25) is 0 Å². The lowest BCUT2D eigenvalue weighted by Gasteiger charge is -2.17. The van der Waals surface area contributed by atoms with Crippen molar-refractivity contribution in [2.75, 3.05) is 13.2 Å². The summed E-state index contributed by atoms with van der Waals surface area (Å²) < 4.78 is 19.0. The Hall–Kier alpha value is -0.940. The van der Waals surface area contributed by atoms with Crippen LogP contribution < -0.4 is 5.32 Å². The molecule has 0 radical (unpaired) electrons. The molecule has 1 fully saturated rings. The van der Waals surface area contributed by atoms with Gasteiger partial charge in [0.1, 0.15) is 5.82 Å². The highest BCUT2D eigenvalue weighted by molar-refractivity contribution is 9.10. The quantitative estimate of drug-likeness (QED) is 0.921. The summed E-state index contributed by atoms with van der Waals surface area (Å²) >= 11 is 3.08. The van der Waals surface area contributed by atoms with Crippen LogP contribution >= 0.6 is 15.9 Å². The minimum absolute atomic E-state index is 0.178. The number of halogens is 2. The van der Waals surface area contributed by atoms with E-state index in [1.807, 2.05) is 0 Å². The summed E-state index contributed by atoms with van der Waals surface area (Å²) in [5.41, 5.74) is 0.459. The van der Waals surface area contributed by atoms with E-state index in [9.17, 15) is 9.18 Å². The molecule has 1 aromatic rings. The number of hydrogen-bond donors (Lipinski definition) is 1. The van der Waals surface area contributed by atoms with Gasteiger partial charge in [0.25, 0.3) is 5.91 Å². The highest BCUT2D eigenvalue weighted by Gasteiger charge is 2.26. The average molecular weight is 330 g/mol. The Morgan fingerprint density at radius 1 is 1.58 bits per heavy atom. The summed E-state index contributed by atoms with van der Waals surface area (Å²) in [6.45, 7) is 3.45. The average Bonchev–Trinajstić information content (AvgIpc) is 2.86. The van der Waals surface area contributed by atoms with Crippen molar-refractivity contribution in [3.63, 3.8) is 0 Å². The normalized spacial score (nSPS) is 22.5. The zero-order valence-electron chi connectivity index (χ0n) is 10.8. The third-order valence-corrected chi connectivity index (χ3v) is 4.06. The Labute approximate surface area is 120 Å². The lowest BCUT2D eigenvalue weighted by atomic mass is 9.99. The second kappa shape index (κ2) is 6.48. The van der Waals surface area contributed by atoms with Gasteiger partial charge in [-0.1, -0.05) is 6.92 Å². The minimum Gasteiger partial charge on any atom is -0.378 e. The van der Waals surface area contributed by atoms with Crippen LogP contribution in [0.1, 0.15) is 30.1 Å². The smallest absolute Gasteiger partial charge is 0.251 e. The van der Waals surface area contributed by atoms with Gasteiger partial charge in [-0.05, 0) is 47.0 Å². The number of hydrogen-bond acceptors (Lipinski definition) is 2. The Morgan fingerprint density at radius 3 is 3.05 bits per heavy atom. The zero-order valence-corrected chi connectivity index (χ0v) is 12.4. The van der Waals surface area contributed by atoms with Crippen LogP contribution in [0.3, 0.4) is 0 Å². The van der Waals surface area contributed by atoms with Crippen LogP contribution in [0, 0.1) is 11.7 Å². The number of benzene rings is 1. The van der Waals surface area contributed by atoms with Gasteiger partial charge in [-0.15, -0.1) is 0 Å². The molecule has 0 aromatic heterocycles. The summed E-state index contributed by atoms with van der Waals surface area (Å²) in [6.07, 6.45) is 2.18. The van der Waals surface area contributed by atoms with Crippen molar-refractivity contribution in [1.82, 2.24) is 5.32 Å². The van der Waals surface area contributed by atoms with Crippen LogP contribution in [0.5, 0.6) is 0 Å². The van der Waals surface area contributed by atoms with E-state index < -0.39 is 0 Å². The van der Waals surface area contributed by atoms with E-state index in [0.29, 0.717) is 22.5 Å². The lowest BCUT2D eigenvalue weighted by molar-refractivity contribution is 0.0827. The van der Waals surface area contributed by atoms with Gasteiger partial charge in [-0.3, -0.25) is 4.79 Å². The molecule has 1 aliphatic heterocycles. The molecule has 1 aromatic carbocycles. The summed E-state index contributed by atoms with van der Waals surface area (Å²) in [5.74, 6) is -0.174. The molecule has 0 bridgehead atoms. The van der Waals surface area contributed by atoms with E-state index in [2.05, 4.69) is 28.2 Å². The fourth-order valence-electron chi connectivity index (χ4n) is 2.34. The first-order valence-corrected chi connectivity index (χ1v) is 7.26. The fourth-order valence-corrected chi connectivity index (χ4v) is 2.72. The van der Waals surface area contributed by atoms with E-state index >= 15 is 0 Å². The zero-order chi connectivity index (χ0) is 13.8. The van der Waals surface area contributed by atoms with Gasteiger partial charge >= 0.3 is 0 Å². The van der Waals surface area contributed by atoms with Crippen molar-refractivity contribution >= 4 is 21.8 Å². The number of nitrogens with one attached hydrogen (secondary N) is 1. The molecule has 0 saturated carbocycles. The first-order valence-electron chi connectivity index (χ1n) is 6.46. The van der Waals surface area contributed by atoms with Gasteiger partial charge in [0.15, 0.2) is 0 Å². The molecule has 1 N–H and O–H groups in total. The molecule has 5 heteroatoms. The predicted octanol–water partition coefficient (Wildman–Crippen LogP) is 3.13. The molecule has 19 heavy (non-hydrogen) atoms. The lowest BCUT2D eigenvalue weighted by Crippen LogP contribution is -2.32.